The van der Waals surface area contributed by atoms with E-state index in [4.69, 9.17) is 10.4 Å². The van der Waals surface area contributed by atoms with Crippen molar-refractivity contribution in [2.24, 2.45) is 0 Å². The summed E-state index contributed by atoms with van der Waals surface area (Å²) in [6.07, 6.45) is 0. The number of aliphatic hydroxyl groups excluding tert-OH is 1. The second kappa shape index (κ2) is 6.71. The average molecular weight is 296 g/mol. The molecule has 0 fully saturated rings. The van der Waals surface area contributed by atoms with Crippen molar-refractivity contribution < 1.29 is 9.90 Å². The zero-order chi connectivity index (χ0) is 15.2. The van der Waals surface area contributed by atoms with Gasteiger partial charge in [0.1, 0.15) is 11.5 Å². The molecule has 21 heavy (non-hydrogen) atoms. The van der Waals surface area contributed by atoms with Crippen LogP contribution in [0.1, 0.15) is 20.8 Å². The van der Waals surface area contributed by atoms with E-state index in [9.17, 15) is 4.79 Å². The van der Waals surface area contributed by atoms with Gasteiger partial charge >= 0.3 is 0 Å². The van der Waals surface area contributed by atoms with Crippen LogP contribution in [0.5, 0.6) is 0 Å². The molecule has 0 aliphatic rings. The van der Waals surface area contributed by atoms with Gasteiger partial charge in [0.2, 0.25) is 0 Å². The summed E-state index contributed by atoms with van der Waals surface area (Å²) in [5.41, 5.74) is 1.74. The molecule has 104 valence electrons. The number of amides is 1. The van der Waals surface area contributed by atoms with Crippen LogP contribution in [0.2, 0.25) is 0 Å². The fourth-order valence-electron chi connectivity index (χ4n) is 1.76. The van der Waals surface area contributed by atoms with E-state index in [-0.39, 0.29) is 12.5 Å². The predicted octanol–water partition coefficient (Wildman–Crippen LogP) is 2.24. The molecule has 1 aromatic carbocycles. The fraction of sp³-hybridized carbons (Fsp3) is 0.125. The van der Waals surface area contributed by atoms with Crippen molar-refractivity contribution in [3.63, 3.8) is 0 Å². The SMILES string of the molecule is CN(C(=O)c1sccc1C#CCO)c1cccc(C#N)c1. The molecule has 1 aromatic heterocycles. The van der Waals surface area contributed by atoms with Crippen molar-refractivity contribution in [1.29, 1.82) is 5.26 Å². The number of benzene rings is 1. The van der Waals surface area contributed by atoms with Crippen molar-refractivity contribution in [2.45, 2.75) is 0 Å². The second-order valence-electron chi connectivity index (χ2n) is 4.15. The van der Waals surface area contributed by atoms with Gasteiger partial charge in [-0.1, -0.05) is 17.9 Å². The van der Waals surface area contributed by atoms with E-state index in [1.807, 2.05) is 6.07 Å². The molecule has 4 nitrogen and oxygen atoms in total. The molecule has 0 radical (unpaired) electrons. The summed E-state index contributed by atoms with van der Waals surface area (Å²) >= 11 is 1.30. The third kappa shape index (κ3) is 3.29. The van der Waals surface area contributed by atoms with Crippen LogP contribution in [0, 0.1) is 23.2 Å². The van der Waals surface area contributed by atoms with E-state index in [0.29, 0.717) is 21.7 Å². The Hall–Kier alpha value is -2.60. The summed E-state index contributed by atoms with van der Waals surface area (Å²) in [7, 11) is 1.65. The summed E-state index contributed by atoms with van der Waals surface area (Å²) in [6, 6.07) is 10.6. The number of carbonyl (C=O) groups excluding carboxylic acids is 1. The maximum Gasteiger partial charge on any atom is 0.269 e. The van der Waals surface area contributed by atoms with E-state index in [2.05, 4.69) is 11.8 Å². The van der Waals surface area contributed by atoms with Gasteiger partial charge in [0.05, 0.1) is 11.6 Å². The number of anilines is 1. The molecule has 0 aliphatic heterocycles. The van der Waals surface area contributed by atoms with Gasteiger partial charge in [0, 0.05) is 18.3 Å². The molecule has 0 unspecified atom stereocenters. The predicted molar refractivity (Wildman–Crippen MR) is 82.2 cm³/mol. The highest BCUT2D eigenvalue weighted by molar-refractivity contribution is 7.12. The van der Waals surface area contributed by atoms with E-state index < -0.39 is 0 Å². The smallest absolute Gasteiger partial charge is 0.269 e. The summed E-state index contributed by atoms with van der Waals surface area (Å²) < 4.78 is 0. The number of hydrogen-bond acceptors (Lipinski definition) is 4. The van der Waals surface area contributed by atoms with Crippen LogP contribution in [0.15, 0.2) is 35.7 Å². The molecule has 0 saturated carbocycles. The minimum atomic E-state index is -0.246. The van der Waals surface area contributed by atoms with Crippen molar-refractivity contribution in [3.05, 3.63) is 51.7 Å². The number of carbonyl (C=O) groups is 1. The Morgan fingerprint density at radius 2 is 2.24 bits per heavy atom. The highest BCUT2D eigenvalue weighted by atomic mass is 32.1. The van der Waals surface area contributed by atoms with Gasteiger partial charge in [-0.3, -0.25) is 4.79 Å². The van der Waals surface area contributed by atoms with E-state index in [1.54, 1.807) is 42.8 Å². The molecule has 0 aliphatic carbocycles. The Labute approximate surface area is 126 Å². The molecular formula is C16H12N2O2S. The summed E-state index contributed by atoms with van der Waals surface area (Å²) in [5, 5.41) is 19.4. The lowest BCUT2D eigenvalue weighted by atomic mass is 10.2. The van der Waals surface area contributed by atoms with Crippen LogP contribution in [-0.4, -0.2) is 24.7 Å². The van der Waals surface area contributed by atoms with E-state index in [0.717, 1.165) is 0 Å². The van der Waals surface area contributed by atoms with Crippen molar-refractivity contribution in [3.8, 4) is 17.9 Å². The first-order chi connectivity index (χ1) is 10.2. The Morgan fingerprint density at radius 3 is 2.95 bits per heavy atom. The standard InChI is InChI=1S/C16H12N2O2S/c1-18(14-6-2-4-12(10-14)11-17)16(20)15-13(5-3-8-19)7-9-21-15/h2,4,6-7,9-10,19H,8H2,1H3. The van der Waals surface area contributed by atoms with Gasteiger partial charge in [-0.05, 0) is 29.6 Å². The van der Waals surface area contributed by atoms with E-state index in [1.165, 1.54) is 16.2 Å². The zero-order valence-electron chi connectivity index (χ0n) is 11.3. The van der Waals surface area contributed by atoms with E-state index >= 15 is 0 Å². The van der Waals surface area contributed by atoms with Gasteiger partial charge in [-0.15, -0.1) is 11.3 Å². The van der Waals surface area contributed by atoms with Gasteiger partial charge in [-0.2, -0.15) is 5.26 Å². The zero-order valence-corrected chi connectivity index (χ0v) is 12.1. The molecule has 2 aromatic rings. The van der Waals surface area contributed by atoms with Crippen LogP contribution >= 0.6 is 11.3 Å². The first-order valence-corrected chi connectivity index (χ1v) is 7.00. The number of hydrogen-bond donors (Lipinski definition) is 1. The van der Waals surface area contributed by atoms with Crippen LogP contribution in [0.4, 0.5) is 5.69 Å². The van der Waals surface area contributed by atoms with Crippen LogP contribution < -0.4 is 4.90 Å². The monoisotopic (exact) mass is 296 g/mol. The lowest BCUT2D eigenvalue weighted by Crippen LogP contribution is -2.26. The van der Waals surface area contributed by atoms with Crippen molar-refractivity contribution in [2.75, 3.05) is 18.6 Å². The Kier molecular flexibility index (Phi) is 4.73. The van der Waals surface area contributed by atoms with Crippen LogP contribution in [0.25, 0.3) is 0 Å². The number of nitriles is 1. The quantitative estimate of drug-likeness (QED) is 0.864. The maximum absolute atomic E-state index is 12.5. The molecule has 1 N–H and O–H groups in total. The number of thiophene rings is 1. The number of rotatable bonds is 2. The topological polar surface area (TPSA) is 64.3 Å². The van der Waals surface area contributed by atoms with Crippen molar-refractivity contribution >= 4 is 22.9 Å². The summed E-state index contributed by atoms with van der Waals surface area (Å²) in [4.78, 5) is 14.5. The maximum atomic E-state index is 12.5. The fourth-order valence-corrected chi connectivity index (χ4v) is 2.59. The molecule has 5 heteroatoms. The Bertz CT molecular complexity index is 762. The molecule has 0 atom stereocenters. The van der Waals surface area contributed by atoms with Gasteiger partial charge in [0.15, 0.2) is 0 Å². The lowest BCUT2D eigenvalue weighted by molar-refractivity contribution is 0.0996. The van der Waals surface area contributed by atoms with Crippen molar-refractivity contribution in [1.82, 2.24) is 0 Å². The highest BCUT2D eigenvalue weighted by Gasteiger charge is 2.18. The lowest BCUT2D eigenvalue weighted by Gasteiger charge is -2.17. The largest absolute Gasteiger partial charge is 0.384 e. The first-order valence-electron chi connectivity index (χ1n) is 6.13. The second-order valence-corrected chi connectivity index (χ2v) is 5.07. The Morgan fingerprint density at radius 1 is 1.43 bits per heavy atom. The van der Waals surface area contributed by atoms with Gasteiger partial charge in [0.25, 0.3) is 5.91 Å². The normalized spacial score (nSPS) is 9.38. The van der Waals surface area contributed by atoms with Gasteiger partial charge in [-0.25, -0.2) is 0 Å². The molecule has 1 heterocycles. The average Bonchev–Trinajstić information content (AvgIpc) is 2.99. The number of aliphatic hydroxyl groups is 1. The number of nitrogens with zero attached hydrogens (tertiary/aromatic N) is 2. The third-order valence-electron chi connectivity index (χ3n) is 2.83. The molecule has 0 bridgehead atoms. The molecule has 1 amide bonds. The minimum absolute atomic E-state index is 0.192. The molecule has 2 rings (SSSR count). The van der Waals surface area contributed by atoms with Crippen LogP contribution in [0.3, 0.4) is 0 Å². The first kappa shape index (κ1) is 14.8. The summed E-state index contributed by atoms with van der Waals surface area (Å²) in [6.45, 7) is -0.246. The molecule has 0 spiro atoms. The molecular weight excluding hydrogens is 284 g/mol. The van der Waals surface area contributed by atoms with Crippen LogP contribution in [-0.2, 0) is 0 Å². The Balaban J connectivity index is 2.31. The molecule has 0 saturated heterocycles. The minimum Gasteiger partial charge on any atom is -0.384 e. The summed E-state index contributed by atoms with van der Waals surface area (Å²) in [5.74, 6) is 5.11. The third-order valence-corrected chi connectivity index (χ3v) is 3.73. The highest BCUT2D eigenvalue weighted by Crippen LogP contribution is 2.22. The van der Waals surface area contributed by atoms with Gasteiger partial charge < -0.3 is 10.0 Å².